The van der Waals surface area contributed by atoms with Crippen molar-refractivity contribution in [1.29, 1.82) is 0 Å². The van der Waals surface area contributed by atoms with Crippen LogP contribution in [-0.4, -0.2) is 83.9 Å². The molecule has 3 aromatic rings. The quantitative estimate of drug-likeness (QED) is 0.310. The first-order valence-electron chi connectivity index (χ1n) is 13.7. The van der Waals surface area contributed by atoms with E-state index in [9.17, 15) is 14.0 Å². The second-order valence-electron chi connectivity index (χ2n) is 10.4. The Labute approximate surface area is 238 Å². The number of rotatable bonds is 7. The summed E-state index contributed by atoms with van der Waals surface area (Å²) in [6, 6.07) is 12.5. The largest absolute Gasteiger partial charge is 0.455 e. The average Bonchev–Trinajstić information content (AvgIpc) is 3.45. The van der Waals surface area contributed by atoms with Gasteiger partial charge in [-0.1, -0.05) is 37.7 Å². The predicted molar refractivity (Wildman–Crippen MR) is 153 cm³/mol. The molecule has 2 aliphatic rings. The SMILES string of the molecule is CC(=O)N1CCN(C(=O)c2ccc(CSc3nc(C(C)C)cc(N4CCN(c5ccccc5F)CC4)n3)o2)CC1. The molecule has 212 valence electrons. The average molecular weight is 567 g/mol. The molecular formula is C29H35FN6O3S. The van der Waals surface area contributed by atoms with Crippen molar-refractivity contribution in [3.05, 3.63) is 65.5 Å². The molecule has 2 aromatic heterocycles. The van der Waals surface area contributed by atoms with Crippen LogP contribution < -0.4 is 9.80 Å². The number of amides is 2. The molecule has 0 bridgehead atoms. The number of aromatic nitrogens is 2. The zero-order valence-corrected chi connectivity index (χ0v) is 24.0. The molecule has 40 heavy (non-hydrogen) atoms. The Morgan fingerprint density at radius 2 is 1.60 bits per heavy atom. The molecule has 2 aliphatic heterocycles. The van der Waals surface area contributed by atoms with Gasteiger partial charge < -0.3 is 24.0 Å². The van der Waals surface area contributed by atoms with E-state index in [1.165, 1.54) is 17.8 Å². The maximum absolute atomic E-state index is 14.3. The summed E-state index contributed by atoms with van der Waals surface area (Å²) in [5.41, 5.74) is 1.60. The second-order valence-corrected chi connectivity index (χ2v) is 11.3. The zero-order valence-electron chi connectivity index (χ0n) is 23.2. The van der Waals surface area contributed by atoms with Crippen LogP contribution in [0.25, 0.3) is 0 Å². The summed E-state index contributed by atoms with van der Waals surface area (Å²) >= 11 is 1.48. The topological polar surface area (TPSA) is 86.0 Å². The Bertz CT molecular complexity index is 1350. The fourth-order valence-electron chi connectivity index (χ4n) is 4.92. The highest BCUT2D eigenvalue weighted by atomic mass is 32.2. The summed E-state index contributed by atoms with van der Waals surface area (Å²) in [6.07, 6.45) is 0. The number of hydrogen-bond donors (Lipinski definition) is 0. The van der Waals surface area contributed by atoms with Crippen LogP contribution in [0.15, 0.2) is 52.0 Å². The maximum atomic E-state index is 14.3. The van der Waals surface area contributed by atoms with Gasteiger partial charge in [-0.2, -0.15) is 0 Å². The monoisotopic (exact) mass is 566 g/mol. The van der Waals surface area contributed by atoms with Gasteiger partial charge in [-0.25, -0.2) is 14.4 Å². The van der Waals surface area contributed by atoms with E-state index in [4.69, 9.17) is 14.4 Å². The Kier molecular flexibility index (Phi) is 8.58. The van der Waals surface area contributed by atoms with E-state index in [1.54, 1.807) is 28.9 Å². The van der Waals surface area contributed by atoms with E-state index in [0.717, 1.165) is 24.6 Å². The van der Waals surface area contributed by atoms with Crippen LogP contribution >= 0.6 is 11.8 Å². The number of anilines is 2. The first-order chi connectivity index (χ1) is 19.3. The lowest BCUT2D eigenvalue weighted by Gasteiger charge is -2.37. The van der Waals surface area contributed by atoms with Gasteiger partial charge in [0.15, 0.2) is 10.9 Å². The van der Waals surface area contributed by atoms with E-state index >= 15 is 0 Å². The van der Waals surface area contributed by atoms with E-state index < -0.39 is 0 Å². The van der Waals surface area contributed by atoms with Crippen molar-refractivity contribution in [2.75, 3.05) is 62.2 Å². The smallest absolute Gasteiger partial charge is 0.289 e. The summed E-state index contributed by atoms with van der Waals surface area (Å²) in [6.45, 7) is 10.7. The molecule has 11 heteroatoms. The normalized spacial score (nSPS) is 16.1. The number of carbonyl (C=O) groups excluding carboxylic acids is 2. The number of halogens is 1. The molecular weight excluding hydrogens is 531 g/mol. The van der Waals surface area contributed by atoms with Crippen LogP contribution in [0.4, 0.5) is 15.9 Å². The summed E-state index contributed by atoms with van der Waals surface area (Å²) in [5, 5.41) is 0.655. The lowest BCUT2D eigenvalue weighted by Crippen LogP contribution is -2.50. The van der Waals surface area contributed by atoms with Gasteiger partial charge in [-0.3, -0.25) is 9.59 Å². The summed E-state index contributed by atoms with van der Waals surface area (Å²) < 4.78 is 20.2. The molecule has 2 saturated heterocycles. The molecule has 5 rings (SSSR count). The van der Waals surface area contributed by atoms with Gasteiger partial charge in [0.05, 0.1) is 11.4 Å². The van der Waals surface area contributed by atoms with Crippen LogP contribution in [0, 0.1) is 5.82 Å². The number of thioether (sulfide) groups is 1. The zero-order chi connectivity index (χ0) is 28.2. The van der Waals surface area contributed by atoms with Crippen molar-refractivity contribution in [1.82, 2.24) is 19.8 Å². The van der Waals surface area contributed by atoms with Crippen LogP contribution in [0.2, 0.25) is 0 Å². The van der Waals surface area contributed by atoms with Crippen molar-refractivity contribution in [3.8, 4) is 0 Å². The molecule has 0 spiro atoms. The van der Waals surface area contributed by atoms with E-state index in [-0.39, 0.29) is 23.5 Å². The highest BCUT2D eigenvalue weighted by Crippen LogP contribution is 2.28. The number of hydrogen-bond acceptors (Lipinski definition) is 8. The number of benzene rings is 1. The molecule has 0 radical (unpaired) electrons. The van der Waals surface area contributed by atoms with Crippen molar-refractivity contribution in [2.24, 2.45) is 0 Å². The summed E-state index contributed by atoms with van der Waals surface area (Å²) in [7, 11) is 0. The fourth-order valence-corrected chi connectivity index (χ4v) is 5.68. The molecule has 4 heterocycles. The van der Waals surface area contributed by atoms with Crippen LogP contribution in [-0.2, 0) is 10.5 Å². The van der Waals surface area contributed by atoms with E-state index in [1.807, 2.05) is 24.3 Å². The molecule has 2 amide bonds. The van der Waals surface area contributed by atoms with Gasteiger partial charge in [-0.05, 0) is 30.2 Å². The molecule has 0 N–H and O–H groups in total. The highest BCUT2D eigenvalue weighted by molar-refractivity contribution is 7.98. The lowest BCUT2D eigenvalue weighted by atomic mass is 10.1. The number of nitrogens with zero attached hydrogens (tertiary/aromatic N) is 6. The van der Waals surface area contributed by atoms with Gasteiger partial charge in [-0.15, -0.1) is 0 Å². The van der Waals surface area contributed by atoms with Gasteiger partial charge >= 0.3 is 0 Å². The molecule has 0 aliphatic carbocycles. The van der Waals surface area contributed by atoms with Crippen LogP contribution in [0.5, 0.6) is 0 Å². The fraction of sp³-hybridized carbons (Fsp3) is 0.448. The molecule has 0 saturated carbocycles. The third-order valence-corrected chi connectivity index (χ3v) is 8.20. The number of furan rings is 1. The third-order valence-electron chi connectivity index (χ3n) is 7.33. The minimum Gasteiger partial charge on any atom is -0.455 e. The van der Waals surface area contributed by atoms with Crippen molar-refractivity contribution < 1.29 is 18.4 Å². The number of para-hydroxylation sites is 1. The Morgan fingerprint density at radius 3 is 2.27 bits per heavy atom. The maximum Gasteiger partial charge on any atom is 0.289 e. The summed E-state index contributed by atoms with van der Waals surface area (Å²) in [5.74, 6) is 2.25. The predicted octanol–water partition coefficient (Wildman–Crippen LogP) is 4.26. The van der Waals surface area contributed by atoms with Gasteiger partial charge in [0, 0.05) is 71.0 Å². The lowest BCUT2D eigenvalue weighted by molar-refractivity contribution is -0.130. The Balaban J connectivity index is 1.21. The minimum atomic E-state index is -0.197. The molecule has 1 aromatic carbocycles. The number of carbonyl (C=O) groups is 2. The van der Waals surface area contributed by atoms with Crippen LogP contribution in [0.3, 0.4) is 0 Å². The molecule has 0 atom stereocenters. The Morgan fingerprint density at radius 1 is 0.925 bits per heavy atom. The van der Waals surface area contributed by atoms with Crippen molar-refractivity contribution in [2.45, 2.75) is 37.6 Å². The van der Waals surface area contributed by atoms with E-state index in [2.05, 4.69) is 23.6 Å². The number of piperazine rings is 2. The van der Waals surface area contributed by atoms with Gasteiger partial charge in [0.2, 0.25) is 5.91 Å². The molecule has 2 fully saturated rings. The first kappa shape index (κ1) is 27.9. The van der Waals surface area contributed by atoms with Crippen LogP contribution in [0.1, 0.15) is 48.7 Å². The highest BCUT2D eigenvalue weighted by Gasteiger charge is 2.26. The third kappa shape index (κ3) is 6.41. The minimum absolute atomic E-state index is 0.0288. The van der Waals surface area contributed by atoms with Gasteiger partial charge in [0.25, 0.3) is 5.91 Å². The summed E-state index contributed by atoms with van der Waals surface area (Å²) in [4.78, 5) is 41.8. The van der Waals surface area contributed by atoms with Crippen molar-refractivity contribution >= 4 is 35.1 Å². The van der Waals surface area contributed by atoms with Crippen molar-refractivity contribution in [3.63, 3.8) is 0 Å². The van der Waals surface area contributed by atoms with Gasteiger partial charge in [0.1, 0.15) is 17.4 Å². The molecule has 9 nitrogen and oxygen atoms in total. The first-order valence-corrected chi connectivity index (χ1v) is 14.7. The standard InChI is InChI=1S/C29H35FN6O3S/c1-20(2)24-18-27(35-14-12-34(13-15-35)25-7-5-4-6-23(25)30)32-29(31-24)40-19-22-8-9-26(39-22)28(38)36-16-10-33(11-17-36)21(3)37/h4-9,18,20H,10-17,19H2,1-3H3. The van der Waals surface area contributed by atoms with E-state index in [0.29, 0.717) is 67.4 Å². The molecule has 0 unspecified atom stereocenters. The second kappa shape index (κ2) is 12.3. The Hall–Kier alpha value is -3.60.